The summed E-state index contributed by atoms with van der Waals surface area (Å²) >= 11 is 1.42. The molecule has 0 aliphatic heterocycles. The Kier molecular flexibility index (Phi) is 5.92. The number of hydrogen-bond acceptors (Lipinski definition) is 5. The predicted octanol–water partition coefficient (Wildman–Crippen LogP) is 6.17. The van der Waals surface area contributed by atoms with Crippen molar-refractivity contribution in [2.75, 3.05) is 12.1 Å². The van der Waals surface area contributed by atoms with E-state index < -0.39 is 0 Å². The van der Waals surface area contributed by atoms with Crippen molar-refractivity contribution in [2.45, 2.75) is 32.6 Å². The summed E-state index contributed by atoms with van der Waals surface area (Å²) in [7, 11) is 1.64. The third-order valence-corrected chi connectivity index (χ3v) is 6.95. The predicted molar refractivity (Wildman–Crippen MR) is 135 cm³/mol. The maximum atomic E-state index is 13.7. The number of amides is 1. The number of carbonyl (C=O) groups excluding carboxylic acids is 1. The summed E-state index contributed by atoms with van der Waals surface area (Å²) in [6, 6.07) is 19.8. The summed E-state index contributed by atoms with van der Waals surface area (Å²) in [6.07, 6.45) is 6.19. The standard InChI is InChI=1S/C27H25N3O2S/c1-18-7-9-19(10-8-18)17-28-30(27-29-24-14-13-23(32-2)16-25(24)33-27)26(31)22-12-11-20-5-3-4-6-21(20)15-22/h7-17H,3-6H2,1-2H3/b28-17+. The van der Waals surface area contributed by atoms with E-state index in [-0.39, 0.29) is 5.91 Å². The van der Waals surface area contributed by atoms with Gasteiger partial charge in [-0.3, -0.25) is 4.79 Å². The lowest BCUT2D eigenvalue weighted by molar-refractivity contribution is 0.0987. The van der Waals surface area contributed by atoms with Crippen LogP contribution >= 0.6 is 11.3 Å². The average Bonchev–Trinajstić information content (AvgIpc) is 3.27. The third-order valence-electron chi connectivity index (χ3n) is 5.95. The number of nitrogens with zero attached hydrogens (tertiary/aromatic N) is 3. The van der Waals surface area contributed by atoms with Crippen molar-refractivity contribution in [2.24, 2.45) is 5.10 Å². The quantitative estimate of drug-likeness (QED) is 0.267. The monoisotopic (exact) mass is 455 g/mol. The highest BCUT2D eigenvalue weighted by atomic mass is 32.1. The molecule has 5 nitrogen and oxygen atoms in total. The molecule has 0 spiro atoms. The first-order chi connectivity index (χ1) is 16.1. The van der Waals surface area contributed by atoms with Gasteiger partial charge in [0.25, 0.3) is 5.91 Å². The van der Waals surface area contributed by atoms with E-state index in [1.54, 1.807) is 13.3 Å². The zero-order valence-corrected chi connectivity index (χ0v) is 19.6. The number of benzene rings is 3. The van der Waals surface area contributed by atoms with Crippen molar-refractivity contribution in [3.05, 3.63) is 88.5 Å². The Morgan fingerprint density at radius 3 is 2.61 bits per heavy atom. The van der Waals surface area contributed by atoms with Gasteiger partial charge in [-0.2, -0.15) is 10.1 Å². The molecule has 4 aromatic rings. The second-order valence-corrected chi connectivity index (χ2v) is 9.30. The fourth-order valence-corrected chi connectivity index (χ4v) is 5.02. The topological polar surface area (TPSA) is 54.8 Å². The van der Waals surface area contributed by atoms with Crippen molar-refractivity contribution in [3.8, 4) is 5.75 Å². The maximum Gasteiger partial charge on any atom is 0.280 e. The van der Waals surface area contributed by atoms with Gasteiger partial charge >= 0.3 is 0 Å². The third kappa shape index (κ3) is 4.52. The largest absolute Gasteiger partial charge is 0.497 e. The highest BCUT2D eigenvalue weighted by Crippen LogP contribution is 2.33. The van der Waals surface area contributed by atoms with Crippen LogP contribution in [0.15, 0.2) is 65.8 Å². The fourth-order valence-electron chi connectivity index (χ4n) is 4.06. The minimum atomic E-state index is -0.183. The smallest absolute Gasteiger partial charge is 0.280 e. The lowest BCUT2D eigenvalue weighted by Crippen LogP contribution is -2.26. The number of aromatic nitrogens is 1. The summed E-state index contributed by atoms with van der Waals surface area (Å²) in [4.78, 5) is 18.4. The Balaban J connectivity index is 1.54. The lowest BCUT2D eigenvalue weighted by atomic mass is 9.90. The summed E-state index contributed by atoms with van der Waals surface area (Å²) in [5.74, 6) is 0.575. The summed E-state index contributed by atoms with van der Waals surface area (Å²) in [5.41, 5.74) is 6.15. The molecular formula is C27H25N3O2S. The molecule has 0 bridgehead atoms. The van der Waals surface area contributed by atoms with Gasteiger partial charge in [0.05, 0.1) is 23.5 Å². The molecule has 1 amide bonds. The van der Waals surface area contributed by atoms with Gasteiger partial charge in [-0.15, -0.1) is 0 Å². The first kappa shape index (κ1) is 21.3. The highest BCUT2D eigenvalue weighted by molar-refractivity contribution is 7.22. The van der Waals surface area contributed by atoms with Gasteiger partial charge in [-0.05, 0) is 79.6 Å². The van der Waals surface area contributed by atoms with Gasteiger partial charge in [0.1, 0.15) is 5.75 Å². The van der Waals surface area contributed by atoms with Crippen LogP contribution in [-0.4, -0.2) is 24.2 Å². The van der Waals surface area contributed by atoms with Gasteiger partial charge in [0.15, 0.2) is 0 Å². The Bertz CT molecular complexity index is 1340. The summed E-state index contributed by atoms with van der Waals surface area (Å²) < 4.78 is 6.29. The second-order valence-electron chi connectivity index (χ2n) is 8.29. The molecule has 33 heavy (non-hydrogen) atoms. The Labute approximate surface area is 197 Å². The van der Waals surface area contributed by atoms with Crippen LogP contribution in [0.5, 0.6) is 5.75 Å². The van der Waals surface area contributed by atoms with Crippen LogP contribution in [0.1, 0.15) is 45.5 Å². The molecule has 6 heteroatoms. The van der Waals surface area contributed by atoms with E-state index in [4.69, 9.17) is 9.72 Å². The van der Waals surface area contributed by atoms with E-state index in [1.165, 1.54) is 45.9 Å². The molecule has 3 aromatic carbocycles. The van der Waals surface area contributed by atoms with E-state index in [1.807, 2.05) is 61.5 Å². The minimum Gasteiger partial charge on any atom is -0.497 e. The van der Waals surface area contributed by atoms with Crippen LogP contribution in [0.4, 0.5) is 5.13 Å². The number of carbonyl (C=O) groups is 1. The van der Waals surface area contributed by atoms with E-state index in [0.29, 0.717) is 10.7 Å². The number of methoxy groups -OCH3 is 1. The van der Waals surface area contributed by atoms with E-state index in [2.05, 4.69) is 11.2 Å². The number of aryl methyl sites for hydroxylation is 3. The normalized spacial score (nSPS) is 13.3. The molecule has 0 N–H and O–H groups in total. The summed E-state index contributed by atoms with van der Waals surface area (Å²) in [5, 5.41) is 6.55. The fraction of sp³-hybridized carbons (Fsp3) is 0.222. The molecule has 5 rings (SSSR count). The number of hydrazone groups is 1. The number of ether oxygens (including phenoxy) is 1. The van der Waals surface area contributed by atoms with Crippen LogP contribution in [0, 0.1) is 6.92 Å². The maximum absolute atomic E-state index is 13.7. The second kappa shape index (κ2) is 9.16. The molecule has 1 aromatic heterocycles. The zero-order valence-electron chi connectivity index (χ0n) is 18.7. The average molecular weight is 456 g/mol. The number of fused-ring (bicyclic) bond motifs is 2. The molecule has 0 radical (unpaired) electrons. The minimum absolute atomic E-state index is 0.183. The zero-order chi connectivity index (χ0) is 22.8. The molecule has 0 unspecified atom stereocenters. The molecule has 1 aliphatic rings. The van der Waals surface area contributed by atoms with Crippen LogP contribution in [-0.2, 0) is 12.8 Å². The lowest BCUT2D eigenvalue weighted by Gasteiger charge is -2.18. The van der Waals surface area contributed by atoms with Crippen molar-refractivity contribution in [3.63, 3.8) is 0 Å². The molecule has 0 atom stereocenters. The first-order valence-corrected chi connectivity index (χ1v) is 11.9. The molecular weight excluding hydrogens is 430 g/mol. The Morgan fingerprint density at radius 1 is 1.03 bits per heavy atom. The summed E-state index contributed by atoms with van der Waals surface area (Å²) in [6.45, 7) is 2.04. The van der Waals surface area contributed by atoms with E-state index in [9.17, 15) is 4.79 Å². The van der Waals surface area contributed by atoms with Crippen molar-refractivity contribution < 1.29 is 9.53 Å². The van der Waals surface area contributed by atoms with Crippen LogP contribution in [0.25, 0.3) is 10.2 Å². The van der Waals surface area contributed by atoms with Crippen molar-refractivity contribution in [1.82, 2.24) is 4.98 Å². The molecule has 166 valence electrons. The molecule has 0 fully saturated rings. The van der Waals surface area contributed by atoms with Gasteiger partial charge in [-0.25, -0.2) is 4.98 Å². The number of hydrogen-bond donors (Lipinski definition) is 0. The van der Waals surface area contributed by atoms with Crippen LogP contribution in [0.2, 0.25) is 0 Å². The van der Waals surface area contributed by atoms with Crippen molar-refractivity contribution in [1.29, 1.82) is 0 Å². The number of rotatable bonds is 5. The van der Waals surface area contributed by atoms with Gasteiger partial charge in [0, 0.05) is 5.56 Å². The molecule has 0 saturated carbocycles. The SMILES string of the molecule is COc1ccc2nc(N(/N=C/c3ccc(C)cc3)C(=O)c3ccc4c(c3)CCCC4)sc2c1. The van der Waals surface area contributed by atoms with Gasteiger partial charge in [-0.1, -0.05) is 47.2 Å². The molecule has 1 heterocycles. The molecule has 1 aliphatic carbocycles. The Morgan fingerprint density at radius 2 is 1.82 bits per heavy atom. The highest BCUT2D eigenvalue weighted by Gasteiger charge is 2.22. The van der Waals surface area contributed by atoms with Crippen LogP contribution in [0.3, 0.4) is 0 Å². The van der Waals surface area contributed by atoms with Crippen molar-refractivity contribution >= 4 is 38.8 Å². The van der Waals surface area contributed by atoms with Gasteiger partial charge in [0.2, 0.25) is 5.13 Å². The first-order valence-electron chi connectivity index (χ1n) is 11.1. The Hall–Kier alpha value is -3.51. The number of anilines is 1. The van der Waals surface area contributed by atoms with E-state index >= 15 is 0 Å². The number of thiazole rings is 1. The molecule has 0 saturated heterocycles. The van der Waals surface area contributed by atoms with Gasteiger partial charge < -0.3 is 4.74 Å². The van der Waals surface area contributed by atoms with E-state index in [0.717, 1.165) is 34.4 Å². The van der Waals surface area contributed by atoms with Crippen LogP contribution < -0.4 is 9.75 Å².